The van der Waals surface area contributed by atoms with Gasteiger partial charge in [-0.3, -0.25) is 0 Å². The van der Waals surface area contributed by atoms with Gasteiger partial charge in [0.15, 0.2) is 0 Å². The molecule has 0 aliphatic carbocycles. The predicted octanol–water partition coefficient (Wildman–Crippen LogP) is 1.03. The van der Waals surface area contributed by atoms with Crippen molar-refractivity contribution in [1.82, 2.24) is 0 Å². The number of para-hydroxylation sites is 1. The Bertz CT molecular complexity index is 908. The number of rotatable bonds is 8. The van der Waals surface area contributed by atoms with Crippen LogP contribution in [0, 0.1) is 0 Å². The van der Waals surface area contributed by atoms with Crippen LogP contribution in [0.1, 0.15) is 23.6 Å². The minimum Gasteiger partial charge on any atom is -0.463 e. The Morgan fingerprint density at radius 1 is 1.03 bits per heavy atom. The van der Waals surface area contributed by atoms with Crippen molar-refractivity contribution < 1.29 is 39.4 Å². The van der Waals surface area contributed by atoms with Crippen molar-refractivity contribution in [2.24, 2.45) is 0 Å². The molecule has 1 fully saturated rings. The van der Waals surface area contributed by atoms with Gasteiger partial charge in [0.2, 0.25) is 6.29 Å². The summed E-state index contributed by atoms with van der Waals surface area (Å²) in [6.07, 6.45) is -3.14. The predicted molar refractivity (Wildman–Crippen MR) is 116 cm³/mol. The highest BCUT2D eigenvalue weighted by molar-refractivity contribution is 5.87. The van der Waals surface area contributed by atoms with Crippen molar-refractivity contribution in [3.8, 4) is 5.75 Å². The summed E-state index contributed by atoms with van der Waals surface area (Å²) in [5.74, 6) is 0.0546. The molecule has 2 aromatic carbocycles. The highest BCUT2D eigenvalue weighted by Gasteiger charge is 2.44. The quantitative estimate of drug-likeness (QED) is 0.351. The Balaban J connectivity index is 1.70. The molecule has 3 rings (SSSR count). The number of benzene rings is 2. The van der Waals surface area contributed by atoms with E-state index in [0.29, 0.717) is 18.8 Å². The van der Waals surface area contributed by atoms with E-state index in [4.69, 9.17) is 14.2 Å². The normalized spacial score (nSPS) is 25.6. The molecule has 1 aliphatic heterocycles. The van der Waals surface area contributed by atoms with Gasteiger partial charge in [0, 0.05) is 12.5 Å². The fourth-order valence-corrected chi connectivity index (χ4v) is 3.38. The molecular formula is C24H28O8. The lowest BCUT2D eigenvalue weighted by atomic mass is 9.99. The van der Waals surface area contributed by atoms with Gasteiger partial charge in [-0.05, 0) is 35.8 Å². The van der Waals surface area contributed by atoms with Crippen LogP contribution in [0.3, 0.4) is 0 Å². The van der Waals surface area contributed by atoms with Gasteiger partial charge in [-0.2, -0.15) is 0 Å². The van der Waals surface area contributed by atoms with Gasteiger partial charge in [0.1, 0.15) is 30.2 Å². The first-order valence-corrected chi connectivity index (χ1v) is 10.4. The minimum absolute atomic E-state index is 0.326. The van der Waals surface area contributed by atoms with Crippen LogP contribution in [0.5, 0.6) is 5.75 Å². The van der Waals surface area contributed by atoms with Crippen LogP contribution in [-0.4, -0.2) is 70.3 Å². The average Bonchev–Trinajstić information content (AvgIpc) is 2.80. The molecule has 172 valence electrons. The van der Waals surface area contributed by atoms with Crippen molar-refractivity contribution in [3.63, 3.8) is 0 Å². The fraction of sp³-hybridized carbons (Fsp3) is 0.375. The molecular weight excluding hydrogens is 416 g/mol. The van der Waals surface area contributed by atoms with Crippen molar-refractivity contribution >= 4 is 12.0 Å². The second-order valence-electron chi connectivity index (χ2n) is 7.43. The van der Waals surface area contributed by atoms with Gasteiger partial charge >= 0.3 is 5.97 Å². The van der Waals surface area contributed by atoms with Gasteiger partial charge < -0.3 is 34.6 Å². The zero-order valence-corrected chi connectivity index (χ0v) is 17.7. The molecule has 32 heavy (non-hydrogen) atoms. The van der Waals surface area contributed by atoms with Crippen LogP contribution >= 0.6 is 0 Å². The number of esters is 1. The zero-order chi connectivity index (χ0) is 23.1. The maximum atomic E-state index is 11.4. The van der Waals surface area contributed by atoms with Crippen LogP contribution in [0.25, 0.3) is 6.08 Å². The summed E-state index contributed by atoms with van der Waals surface area (Å²) in [4.78, 5) is 11.4. The third kappa shape index (κ3) is 5.93. The maximum Gasteiger partial charge on any atom is 0.330 e. The van der Waals surface area contributed by atoms with Crippen molar-refractivity contribution in [3.05, 3.63) is 71.3 Å². The summed E-state index contributed by atoms with van der Waals surface area (Å²) < 4.78 is 16.1. The number of ether oxygens (including phenoxy) is 3. The largest absolute Gasteiger partial charge is 0.463 e. The number of aliphatic hydroxyl groups excluding tert-OH is 4. The number of hydrogen-bond acceptors (Lipinski definition) is 8. The lowest BCUT2D eigenvalue weighted by Gasteiger charge is -2.39. The van der Waals surface area contributed by atoms with Crippen molar-refractivity contribution in [2.45, 2.75) is 44.1 Å². The summed E-state index contributed by atoms with van der Waals surface area (Å²) in [6, 6.07) is 14.8. The van der Waals surface area contributed by atoms with Gasteiger partial charge in [-0.15, -0.1) is 0 Å². The van der Waals surface area contributed by atoms with Gasteiger partial charge in [0.25, 0.3) is 0 Å². The van der Waals surface area contributed by atoms with E-state index in [2.05, 4.69) is 0 Å². The number of aliphatic hydroxyl groups is 4. The summed E-state index contributed by atoms with van der Waals surface area (Å²) in [6.45, 7) is 1.55. The van der Waals surface area contributed by atoms with E-state index in [-0.39, 0.29) is 0 Å². The van der Waals surface area contributed by atoms with E-state index in [1.807, 2.05) is 36.4 Å². The van der Waals surface area contributed by atoms with E-state index in [9.17, 15) is 25.2 Å². The molecule has 1 heterocycles. The molecule has 4 N–H and O–H groups in total. The third-order valence-corrected chi connectivity index (χ3v) is 5.14. The van der Waals surface area contributed by atoms with E-state index in [1.165, 1.54) is 6.08 Å². The maximum absolute atomic E-state index is 11.4. The SMILES string of the molecule is CCOC(=O)/C=C/c1ccc(Cc2ccccc2O[C@H]2O[C@H](CO)[C@@H](O)[C@H](O)[C@H]2O)cc1. The molecule has 8 nitrogen and oxygen atoms in total. The average molecular weight is 444 g/mol. The standard InChI is InChI=1S/C24H28O8/c1-2-30-20(26)12-11-15-7-9-16(10-8-15)13-17-5-3-4-6-18(17)31-24-23(29)22(28)21(27)19(14-25)32-24/h3-12,19,21-25,27-29H,2,13-14H2,1H3/b12-11+/t19-,21-,22+,23-,24+/m1/s1. The molecule has 0 saturated carbocycles. The summed E-state index contributed by atoms with van der Waals surface area (Å²) in [5.41, 5.74) is 2.66. The first-order chi connectivity index (χ1) is 15.4. The van der Waals surface area contributed by atoms with Crippen molar-refractivity contribution in [2.75, 3.05) is 13.2 Å². The Kier molecular flexibility index (Phi) is 8.38. The molecule has 0 aromatic heterocycles. The minimum atomic E-state index is -1.51. The number of hydrogen-bond donors (Lipinski definition) is 4. The fourth-order valence-electron chi connectivity index (χ4n) is 3.38. The van der Waals surface area contributed by atoms with Crippen molar-refractivity contribution in [1.29, 1.82) is 0 Å². The molecule has 0 amide bonds. The topological polar surface area (TPSA) is 126 Å². The van der Waals surface area contributed by atoms with E-state index >= 15 is 0 Å². The Labute approximate surface area is 186 Å². The highest BCUT2D eigenvalue weighted by Crippen LogP contribution is 2.28. The van der Waals surface area contributed by atoms with E-state index in [1.54, 1.807) is 25.1 Å². The third-order valence-electron chi connectivity index (χ3n) is 5.14. The molecule has 2 aromatic rings. The van der Waals surface area contributed by atoms with Crippen LogP contribution in [0.15, 0.2) is 54.6 Å². The van der Waals surface area contributed by atoms with Gasteiger partial charge in [0.05, 0.1) is 13.2 Å². The number of carbonyl (C=O) groups is 1. The lowest BCUT2D eigenvalue weighted by molar-refractivity contribution is -0.277. The second kappa shape index (κ2) is 11.2. The number of carbonyl (C=O) groups excluding carboxylic acids is 1. The molecule has 1 aliphatic rings. The first kappa shape index (κ1) is 23.9. The van der Waals surface area contributed by atoms with Crippen LogP contribution in [-0.2, 0) is 20.7 Å². The smallest absolute Gasteiger partial charge is 0.330 e. The lowest BCUT2D eigenvalue weighted by Crippen LogP contribution is -2.60. The Morgan fingerprint density at radius 2 is 1.75 bits per heavy atom. The summed E-state index contributed by atoms with van der Waals surface area (Å²) >= 11 is 0. The summed E-state index contributed by atoms with van der Waals surface area (Å²) in [5, 5.41) is 39.5. The Morgan fingerprint density at radius 3 is 2.44 bits per heavy atom. The van der Waals surface area contributed by atoms with Gasteiger partial charge in [-0.25, -0.2) is 4.79 Å². The first-order valence-electron chi connectivity index (χ1n) is 10.4. The van der Waals surface area contributed by atoms with Crippen LogP contribution < -0.4 is 4.74 Å². The second-order valence-corrected chi connectivity index (χ2v) is 7.43. The molecule has 1 saturated heterocycles. The van der Waals surface area contributed by atoms with E-state index in [0.717, 1.165) is 16.7 Å². The molecule has 8 heteroatoms. The monoisotopic (exact) mass is 444 g/mol. The summed E-state index contributed by atoms with van der Waals surface area (Å²) in [7, 11) is 0. The molecule has 0 bridgehead atoms. The highest BCUT2D eigenvalue weighted by atomic mass is 16.7. The van der Waals surface area contributed by atoms with Gasteiger partial charge in [-0.1, -0.05) is 42.5 Å². The molecule has 5 atom stereocenters. The zero-order valence-electron chi connectivity index (χ0n) is 17.7. The molecule has 0 unspecified atom stereocenters. The van der Waals surface area contributed by atoms with Crippen LogP contribution in [0.4, 0.5) is 0 Å². The molecule has 0 radical (unpaired) electrons. The molecule has 0 spiro atoms. The van der Waals surface area contributed by atoms with E-state index < -0.39 is 43.3 Å². The van der Waals surface area contributed by atoms with Crippen LogP contribution in [0.2, 0.25) is 0 Å². The Hall–Kier alpha value is -2.75.